The zero-order chi connectivity index (χ0) is 22.8. The minimum Gasteiger partial charge on any atom is -0.297 e. The maximum absolute atomic E-state index is 12.6. The van der Waals surface area contributed by atoms with Crippen molar-refractivity contribution < 1.29 is 4.79 Å². The summed E-state index contributed by atoms with van der Waals surface area (Å²) >= 11 is 3.37. The van der Waals surface area contributed by atoms with E-state index in [1.165, 1.54) is 22.5 Å². The zero-order valence-electron chi connectivity index (χ0n) is 19.0. The largest absolute Gasteiger partial charge is 0.297 e. The molecule has 1 unspecified atom stereocenters. The number of rotatable bonds is 6. The molecule has 1 saturated heterocycles. The summed E-state index contributed by atoms with van der Waals surface area (Å²) in [6.45, 7) is 6.60. The van der Waals surface area contributed by atoms with Crippen molar-refractivity contribution >= 4 is 49.6 Å². The second kappa shape index (κ2) is 9.71. The molecule has 1 amide bonds. The molecule has 1 fully saturated rings. The van der Waals surface area contributed by atoms with Gasteiger partial charge in [0.1, 0.15) is 0 Å². The first-order valence-corrected chi connectivity index (χ1v) is 13.2. The van der Waals surface area contributed by atoms with Crippen molar-refractivity contribution in [2.45, 2.75) is 45.6 Å². The van der Waals surface area contributed by atoms with E-state index in [0.717, 1.165) is 53.6 Å². The lowest BCUT2D eigenvalue weighted by Crippen LogP contribution is -2.34. The normalized spacial score (nSPS) is 16.8. The average Bonchev–Trinajstić information content (AvgIpc) is 3.47. The second-order valence-corrected chi connectivity index (χ2v) is 10.5. The summed E-state index contributed by atoms with van der Waals surface area (Å²) in [4.78, 5) is 26.6. The van der Waals surface area contributed by atoms with Gasteiger partial charge in [-0.2, -0.15) is 0 Å². The first kappa shape index (κ1) is 22.2. The molecule has 4 aromatic rings. The topological polar surface area (TPSA) is 49.3 Å². The van der Waals surface area contributed by atoms with Gasteiger partial charge < -0.3 is 0 Å². The number of fused-ring (bicyclic) bond motifs is 1. The maximum Gasteiger partial charge on any atom is 0.230 e. The number of para-hydroxylation sites is 2. The van der Waals surface area contributed by atoms with Crippen LogP contribution in [0.3, 0.4) is 0 Å². The summed E-state index contributed by atoms with van der Waals surface area (Å²) in [7, 11) is 0. The van der Waals surface area contributed by atoms with Crippen LogP contribution in [0.4, 0.5) is 10.8 Å². The number of amides is 1. The number of thiazole rings is 2. The standard InChI is InChI=1S/C26H28N4OS2/c1-3-19-9-4-6-12-23(19)30(18(2)31)26-27-21(17-32-26)16-29-14-8-10-20(15-29)25-28-22-11-5-7-13-24(22)33-25/h4-7,9,11-13,17,20H,3,8,10,14-16H2,1-2H3. The van der Waals surface area contributed by atoms with E-state index in [0.29, 0.717) is 5.92 Å². The summed E-state index contributed by atoms with van der Waals surface area (Å²) in [5.41, 5.74) is 4.22. The second-order valence-electron chi connectivity index (χ2n) is 8.55. The van der Waals surface area contributed by atoms with Crippen molar-refractivity contribution in [3.63, 3.8) is 0 Å². The minimum absolute atomic E-state index is 0.00864. The van der Waals surface area contributed by atoms with Crippen molar-refractivity contribution in [2.75, 3.05) is 18.0 Å². The van der Waals surface area contributed by atoms with Gasteiger partial charge in [-0.3, -0.25) is 14.6 Å². The minimum atomic E-state index is -0.00864. The third kappa shape index (κ3) is 4.71. The first-order valence-electron chi connectivity index (χ1n) is 11.5. The summed E-state index contributed by atoms with van der Waals surface area (Å²) in [6.07, 6.45) is 3.23. The monoisotopic (exact) mass is 476 g/mol. The Morgan fingerprint density at radius 1 is 1.15 bits per heavy atom. The van der Waals surface area contributed by atoms with Crippen molar-refractivity contribution in [1.82, 2.24) is 14.9 Å². The van der Waals surface area contributed by atoms with Crippen molar-refractivity contribution in [3.05, 3.63) is 70.2 Å². The third-order valence-electron chi connectivity index (χ3n) is 6.21. The van der Waals surface area contributed by atoms with Crippen molar-refractivity contribution in [2.24, 2.45) is 0 Å². The molecular weight excluding hydrogens is 448 g/mol. The van der Waals surface area contributed by atoms with E-state index >= 15 is 0 Å². The van der Waals surface area contributed by atoms with Gasteiger partial charge in [0.25, 0.3) is 0 Å². The number of benzene rings is 2. The predicted octanol–water partition coefficient (Wildman–Crippen LogP) is 6.38. The highest BCUT2D eigenvalue weighted by Crippen LogP contribution is 2.35. The fourth-order valence-electron chi connectivity index (χ4n) is 4.60. The number of carbonyl (C=O) groups excluding carboxylic acids is 1. The number of carbonyl (C=O) groups is 1. The number of likely N-dealkylation sites (tertiary alicyclic amines) is 1. The molecule has 2 aromatic carbocycles. The van der Waals surface area contributed by atoms with E-state index in [1.54, 1.807) is 23.2 Å². The highest BCUT2D eigenvalue weighted by Gasteiger charge is 2.25. The number of aryl methyl sites for hydroxylation is 1. The van der Waals surface area contributed by atoms with E-state index < -0.39 is 0 Å². The lowest BCUT2D eigenvalue weighted by molar-refractivity contribution is -0.115. The van der Waals surface area contributed by atoms with Gasteiger partial charge in [0.2, 0.25) is 5.91 Å². The number of hydrogen-bond donors (Lipinski definition) is 0. The highest BCUT2D eigenvalue weighted by atomic mass is 32.1. The zero-order valence-corrected chi connectivity index (χ0v) is 20.7. The van der Waals surface area contributed by atoms with Crippen LogP contribution in [0.1, 0.15) is 48.9 Å². The maximum atomic E-state index is 12.6. The molecule has 0 bridgehead atoms. The molecule has 0 saturated carbocycles. The smallest absolute Gasteiger partial charge is 0.230 e. The van der Waals surface area contributed by atoms with E-state index in [-0.39, 0.29) is 5.91 Å². The Morgan fingerprint density at radius 3 is 2.79 bits per heavy atom. The molecule has 2 aromatic heterocycles. The van der Waals surface area contributed by atoms with Crippen LogP contribution in [-0.4, -0.2) is 33.9 Å². The van der Waals surface area contributed by atoms with Crippen LogP contribution in [0.2, 0.25) is 0 Å². The van der Waals surface area contributed by atoms with Crippen LogP contribution in [0.15, 0.2) is 53.9 Å². The van der Waals surface area contributed by atoms with Crippen LogP contribution in [-0.2, 0) is 17.8 Å². The molecule has 33 heavy (non-hydrogen) atoms. The Balaban J connectivity index is 1.32. The van der Waals surface area contributed by atoms with Crippen LogP contribution in [0.5, 0.6) is 0 Å². The van der Waals surface area contributed by atoms with Gasteiger partial charge in [-0.05, 0) is 49.6 Å². The van der Waals surface area contributed by atoms with Crippen LogP contribution in [0.25, 0.3) is 10.2 Å². The fraction of sp³-hybridized carbons (Fsp3) is 0.346. The van der Waals surface area contributed by atoms with E-state index in [4.69, 9.17) is 9.97 Å². The Morgan fingerprint density at radius 2 is 1.97 bits per heavy atom. The van der Waals surface area contributed by atoms with Crippen LogP contribution < -0.4 is 4.90 Å². The molecule has 1 aliphatic rings. The Bertz CT molecular complexity index is 1230. The van der Waals surface area contributed by atoms with Crippen LogP contribution in [0, 0.1) is 0 Å². The van der Waals surface area contributed by atoms with Gasteiger partial charge in [-0.1, -0.05) is 37.3 Å². The Hall–Kier alpha value is -2.61. The molecule has 1 atom stereocenters. The van der Waals surface area contributed by atoms with E-state index in [1.807, 2.05) is 29.5 Å². The van der Waals surface area contributed by atoms with E-state index in [2.05, 4.69) is 47.5 Å². The van der Waals surface area contributed by atoms with Gasteiger partial charge in [-0.15, -0.1) is 22.7 Å². The third-order valence-corrected chi connectivity index (χ3v) is 8.28. The summed E-state index contributed by atoms with van der Waals surface area (Å²) in [5, 5.41) is 4.10. The number of piperidine rings is 1. The number of aromatic nitrogens is 2. The molecule has 0 radical (unpaired) electrons. The summed E-state index contributed by atoms with van der Waals surface area (Å²) in [5.74, 6) is 0.463. The van der Waals surface area contributed by atoms with Gasteiger partial charge >= 0.3 is 0 Å². The lowest BCUT2D eigenvalue weighted by Gasteiger charge is -2.31. The Labute approximate surface area is 202 Å². The van der Waals surface area contributed by atoms with Crippen molar-refractivity contribution in [3.8, 4) is 0 Å². The van der Waals surface area contributed by atoms with Crippen molar-refractivity contribution in [1.29, 1.82) is 0 Å². The van der Waals surface area contributed by atoms with E-state index in [9.17, 15) is 4.79 Å². The quantitative estimate of drug-likeness (QED) is 0.324. The van der Waals surface area contributed by atoms with Crippen LogP contribution >= 0.6 is 22.7 Å². The molecular formula is C26H28N4OS2. The predicted molar refractivity (Wildman–Crippen MR) is 138 cm³/mol. The fourth-order valence-corrected chi connectivity index (χ4v) is 6.57. The molecule has 1 aliphatic heterocycles. The van der Waals surface area contributed by atoms with Gasteiger partial charge in [0, 0.05) is 31.3 Å². The molecule has 7 heteroatoms. The molecule has 0 aliphatic carbocycles. The SMILES string of the molecule is CCc1ccccc1N(C(C)=O)c1nc(CN2CCCC(c3nc4ccccc4s3)C2)cs1. The molecule has 5 rings (SSSR count). The van der Waals surface area contributed by atoms with Gasteiger partial charge in [0.15, 0.2) is 5.13 Å². The molecule has 5 nitrogen and oxygen atoms in total. The van der Waals surface area contributed by atoms with Gasteiger partial charge in [-0.25, -0.2) is 9.97 Å². The molecule has 3 heterocycles. The molecule has 0 N–H and O–H groups in total. The highest BCUT2D eigenvalue weighted by molar-refractivity contribution is 7.18. The number of anilines is 2. The number of hydrogen-bond acceptors (Lipinski definition) is 6. The first-order chi connectivity index (χ1) is 16.1. The van der Waals surface area contributed by atoms with Gasteiger partial charge in [0.05, 0.1) is 26.6 Å². The molecule has 0 spiro atoms. The lowest BCUT2D eigenvalue weighted by atomic mass is 9.98. The Kier molecular flexibility index (Phi) is 6.53. The number of nitrogens with zero attached hydrogens (tertiary/aromatic N) is 4. The summed E-state index contributed by atoms with van der Waals surface area (Å²) in [6, 6.07) is 16.5. The molecule has 170 valence electrons. The summed E-state index contributed by atoms with van der Waals surface area (Å²) < 4.78 is 1.27. The average molecular weight is 477 g/mol.